The summed E-state index contributed by atoms with van der Waals surface area (Å²) in [5.41, 5.74) is 0. The minimum absolute atomic E-state index is 0.0402. The first-order valence-electron chi connectivity index (χ1n) is 8.72. The molecular weight excluding hydrogens is 324 g/mol. The first-order chi connectivity index (χ1) is 12.0. The number of furan rings is 1. The molecule has 0 saturated carbocycles. The van der Waals surface area contributed by atoms with E-state index in [2.05, 4.69) is 15.5 Å². The maximum atomic E-state index is 12.2. The number of nitrogens with zero attached hydrogens (tertiary/aromatic N) is 2. The van der Waals surface area contributed by atoms with Gasteiger partial charge in [0, 0.05) is 33.2 Å². The van der Waals surface area contributed by atoms with Crippen LogP contribution in [0.2, 0.25) is 0 Å². The minimum Gasteiger partial charge on any atom is -0.465 e. The minimum atomic E-state index is -0.433. The van der Waals surface area contributed by atoms with Gasteiger partial charge in [0.1, 0.15) is 17.6 Å². The Balaban J connectivity index is 1.58. The molecule has 1 aromatic heterocycles. The predicted octanol–water partition coefficient (Wildman–Crippen LogP) is 0.491. The second-order valence-corrected chi connectivity index (χ2v) is 6.57. The largest absolute Gasteiger partial charge is 0.465 e. The summed E-state index contributed by atoms with van der Waals surface area (Å²) in [6.07, 6.45) is 0.646. The van der Waals surface area contributed by atoms with E-state index in [0.717, 1.165) is 24.6 Å². The topological polar surface area (TPSA) is 87.1 Å². The van der Waals surface area contributed by atoms with Gasteiger partial charge in [-0.2, -0.15) is 0 Å². The Kier molecular flexibility index (Phi) is 5.60. The van der Waals surface area contributed by atoms with Crippen LogP contribution in [0.4, 0.5) is 4.79 Å². The first kappa shape index (κ1) is 17.8. The highest BCUT2D eigenvalue weighted by Gasteiger charge is 2.31. The lowest BCUT2D eigenvalue weighted by Gasteiger charge is -2.33. The smallest absolute Gasteiger partial charge is 0.315 e. The van der Waals surface area contributed by atoms with E-state index >= 15 is 0 Å². The van der Waals surface area contributed by atoms with Gasteiger partial charge in [-0.25, -0.2) is 4.79 Å². The van der Waals surface area contributed by atoms with Crippen molar-refractivity contribution >= 4 is 11.9 Å². The highest BCUT2D eigenvalue weighted by Crippen LogP contribution is 2.23. The molecule has 25 heavy (non-hydrogen) atoms. The fourth-order valence-corrected chi connectivity index (χ4v) is 3.29. The molecule has 3 heterocycles. The fourth-order valence-electron chi connectivity index (χ4n) is 3.29. The number of nitrogens with one attached hydrogen (secondary N) is 2. The molecule has 0 bridgehead atoms. The summed E-state index contributed by atoms with van der Waals surface area (Å²) >= 11 is 0. The zero-order valence-corrected chi connectivity index (χ0v) is 14.8. The molecule has 8 nitrogen and oxygen atoms in total. The molecule has 2 saturated heterocycles. The molecule has 0 aromatic carbocycles. The van der Waals surface area contributed by atoms with Crippen LogP contribution in [0.25, 0.3) is 0 Å². The van der Waals surface area contributed by atoms with Gasteiger partial charge in [-0.3, -0.25) is 9.69 Å². The third-order valence-corrected chi connectivity index (χ3v) is 4.76. The van der Waals surface area contributed by atoms with Crippen LogP contribution in [0.5, 0.6) is 0 Å². The van der Waals surface area contributed by atoms with Crippen molar-refractivity contribution in [2.24, 2.45) is 0 Å². The monoisotopic (exact) mass is 350 g/mol. The van der Waals surface area contributed by atoms with E-state index in [-0.39, 0.29) is 18.0 Å². The van der Waals surface area contributed by atoms with Gasteiger partial charge in [-0.1, -0.05) is 0 Å². The average Bonchev–Trinajstić information content (AvgIpc) is 3.17. The van der Waals surface area contributed by atoms with E-state index in [1.54, 1.807) is 11.9 Å². The van der Waals surface area contributed by atoms with Gasteiger partial charge in [-0.15, -0.1) is 0 Å². The normalized spacial score (nSPS) is 22.9. The lowest BCUT2D eigenvalue weighted by atomic mass is 10.1. The van der Waals surface area contributed by atoms with Crippen molar-refractivity contribution in [1.29, 1.82) is 0 Å². The number of urea groups is 1. The number of hydrogen-bond acceptors (Lipinski definition) is 5. The second-order valence-electron chi connectivity index (χ2n) is 6.57. The molecule has 3 rings (SSSR count). The number of amides is 3. The van der Waals surface area contributed by atoms with Crippen molar-refractivity contribution in [2.75, 3.05) is 46.4 Å². The zero-order chi connectivity index (χ0) is 17.8. The number of likely N-dealkylation sites (tertiary alicyclic amines) is 1. The van der Waals surface area contributed by atoms with Gasteiger partial charge < -0.3 is 24.7 Å². The lowest BCUT2D eigenvalue weighted by Crippen LogP contribution is -2.49. The van der Waals surface area contributed by atoms with Crippen molar-refractivity contribution in [3.05, 3.63) is 23.7 Å². The Morgan fingerprint density at radius 1 is 1.32 bits per heavy atom. The number of rotatable bonds is 5. The van der Waals surface area contributed by atoms with E-state index in [1.807, 2.05) is 19.1 Å². The van der Waals surface area contributed by atoms with Crippen LogP contribution in [-0.2, 0) is 9.53 Å². The number of morpholine rings is 1. The molecule has 138 valence electrons. The van der Waals surface area contributed by atoms with Crippen LogP contribution < -0.4 is 10.6 Å². The van der Waals surface area contributed by atoms with Crippen LogP contribution in [0.3, 0.4) is 0 Å². The molecule has 0 aliphatic carbocycles. The summed E-state index contributed by atoms with van der Waals surface area (Å²) in [7, 11) is 1.75. The summed E-state index contributed by atoms with van der Waals surface area (Å²) < 4.78 is 11.2. The third kappa shape index (κ3) is 4.32. The molecule has 2 aliphatic rings. The zero-order valence-electron chi connectivity index (χ0n) is 14.8. The third-order valence-electron chi connectivity index (χ3n) is 4.76. The van der Waals surface area contributed by atoms with Gasteiger partial charge in [0.2, 0.25) is 5.91 Å². The van der Waals surface area contributed by atoms with Crippen LogP contribution in [0.15, 0.2) is 16.5 Å². The molecule has 8 heteroatoms. The van der Waals surface area contributed by atoms with E-state index in [9.17, 15) is 9.59 Å². The Morgan fingerprint density at radius 3 is 2.68 bits per heavy atom. The van der Waals surface area contributed by atoms with Gasteiger partial charge in [-0.05, 0) is 25.5 Å². The van der Waals surface area contributed by atoms with Crippen LogP contribution in [0, 0.1) is 6.92 Å². The number of aryl methyl sites for hydroxylation is 1. The van der Waals surface area contributed by atoms with Crippen molar-refractivity contribution in [3.63, 3.8) is 0 Å². The average molecular weight is 350 g/mol. The number of carbonyl (C=O) groups is 2. The number of carbonyl (C=O) groups excluding carboxylic acids is 2. The van der Waals surface area contributed by atoms with Crippen molar-refractivity contribution in [2.45, 2.75) is 25.4 Å². The highest BCUT2D eigenvalue weighted by molar-refractivity contribution is 5.88. The number of likely N-dealkylation sites (N-methyl/N-ethyl adjacent to an activating group) is 1. The standard InChI is InChI=1S/C17H26N4O4/c1-12-3-4-15(25-12)14(21-7-9-24-10-8-21)11-18-17(23)19-13-5-6-20(2)16(13)22/h3-4,13-14H,5-11H2,1-2H3,(H2,18,19,23). The van der Waals surface area contributed by atoms with E-state index in [1.165, 1.54) is 0 Å². The van der Waals surface area contributed by atoms with Gasteiger partial charge >= 0.3 is 6.03 Å². The molecular formula is C17H26N4O4. The second kappa shape index (κ2) is 7.88. The van der Waals surface area contributed by atoms with E-state index < -0.39 is 6.04 Å². The Hall–Kier alpha value is -2.06. The summed E-state index contributed by atoms with van der Waals surface area (Å²) in [5, 5.41) is 5.65. The summed E-state index contributed by atoms with van der Waals surface area (Å²) in [6, 6.07) is 3.07. The number of ether oxygens (including phenoxy) is 1. The summed E-state index contributed by atoms with van der Waals surface area (Å²) in [4.78, 5) is 28.0. The Labute approximate surface area is 147 Å². The summed E-state index contributed by atoms with van der Waals surface area (Å²) in [5.74, 6) is 1.63. The fraction of sp³-hybridized carbons (Fsp3) is 0.647. The molecule has 3 amide bonds. The molecule has 2 unspecified atom stereocenters. The Bertz CT molecular complexity index is 612. The molecule has 0 spiro atoms. The highest BCUT2D eigenvalue weighted by atomic mass is 16.5. The van der Waals surface area contributed by atoms with Crippen molar-refractivity contribution in [3.8, 4) is 0 Å². The van der Waals surface area contributed by atoms with Gasteiger partial charge in [0.25, 0.3) is 0 Å². The Morgan fingerprint density at radius 2 is 2.08 bits per heavy atom. The van der Waals surface area contributed by atoms with Crippen molar-refractivity contribution < 1.29 is 18.7 Å². The summed E-state index contributed by atoms with van der Waals surface area (Å²) in [6.45, 7) is 5.92. The van der Waals surface area contributed by atoms with Gasteiger partial charge in [0.05, 0.1) is 19.3 Å². The van der Waals surface area contributed by atoms with E-state index in [4.69, 9.17) is 9.15 Å². The molecule has 0 radical (unpaired) electrons. The van der Waals surface area contributed by atoms with Crippen LogP contribution in [-0.4, -0.2) is 74.2 Å². The first-order valence-corrected chi connectivity index (χ1v) is 8.72. The molecule has 2 N–H and O–H groups in total. The van der Waals surface area contributed by atoms with E-state index in [0.29, 0.717) is 32.7 Å². The SMILES string of the molecule is Cc1ccc(C(CNC(=O)NC2CCN(C)C2=O)N2CCOCC2)o1. The quantitative estimate of drug-likeness (QED) is 0.807. The molecule has 2 aliphatic heterocycles. The molecule has 2 fully saturated rings. The van der Waals surface area contributed by atoms with Crippen LogP contribution in [0.1, 0.15) is 24.0 Å². The molecule has 1 aromatic rings. The molecule has 2 atom stereocenters. The van der Waals surface area contributed by atoms with Crippen molar-refractivity contribution in [1.82, 2.24) is 20.4 Å². The van der Waals surface area contributed by atoms with Crippen LogP contribution >= 0.6 is 0 Å². The predicted molar refractivity (Wildman–Crippen MR) is 91.2 cm³/mol. The lowest BCUT2D eigenvalue weighted by molar-refractivity contribution is -0.128. The maximum absolute atomic E-state index is 12.2. The van der Waals surface area contributed by atoms with Gasteiger partial charge in [0.15, 0.2) is 0 Å². The maximum Gasteiger partial charge on any atom is 0.315 e. The number of hydrogen-bond donors (Lipinski definition) is 2.